The van der Waals surface area contributed by atoms with Gasteiger partial charge in [-0.2, -0.15) is 0 Å². The smallest absolute Gasteiger partial charge is 0.338 e. The summed E-state index contributed by atoms with van der Waals surface area (Å²) in [4.78, 5) is 13.7. The molecule has 0 aliphatic rings. The highest BCUT2D eigenvalue weighted by atomic mass is 16.5. The SMILES string of the molecule is CCOC(=O)c1ccc(N)c(NCCN(C)C)c1. The molecule has 1 aromatic carbocycles. The second-order valence-electron chi connectivity index (χ2n) is 4.25. The van der Waals surface area contributed by atoms with E-state index in [1.54, 1.807) is 25.1 Å². The molecule has 0 saturated heterocycles. The normalized spacial score (nSPS) is 10.4. The number of carbonyl (C=O) groups excluding carboxylic acids is 1. The fraction of sp³-hybridized carbons (Fsp3) is 0.462. The first kappa shape index (κ1) is 14.3. The zero-order chi connectivity index (χ0) is 13.5. The topological polar surface area (TPSA) is 67.6 Å². The number of ether oxygens (including phenoxy) is 1. The molecule has 100 valence electrons. The van der Waals surface area contributed by atoms with Gasteiger partial charge >= 0.3 is 5.97 Å². The standard InChI is InChI=1S/C13H21N3O2/c1-4-18-13(17)10-5-6-11(14)12(9-10)15-7-8-16(2)3/h5-6,9,15H,4,7-8,14H2,1-3H3. The van der Waals surface area contributed by atoms with Crippen molar-refractivity contribution in [1.82, 2.24) is 4.90 Å². The second kappa shape index (κ2) is 6.86. The van der Waals surface area contributed by atoms with Gasteiger partial charge in [0.05, 0.1) is 23.5 Å². The first-order valence-corrected chi connectivity index (χ1v) is 5.99. The van der Waals surface area contributed by atoms with Crippen LogP contribution in [0.3, 0.4) is 0 Å². The lowest BCUT2D eigenvalue weighted by Crippen LogP contribution is -2.21. The molecule has 0 bridgehead atoms. The van der Waals surface area contributed by atoms with Gasteiger partial charge in [0, 0.05) is 13.1 Å². The van der Waals surface area contributed by atoms with Gasteiger partial charge in [-0.25, -0.2) is 4.79 Å². The van der Waals surface area contributed by atoms with E-state index in [0.717, 1.165) is 18.8 Å². The van der Waals surface area contributed by atoms with Crippen molar-refractivity contribution >= 4 is 17.3 Å². The number of benzene rings is 1. The largest absolute Gasteiger partial charge is 0.462 e. The number of esters is 1. The summed E-state index contributed by atoms with van der Waals surface area (Å²) in [7, 11) is 4.00. The number of anilines is 2. The minimum absolute atomic E-state index is 0.326. The molecule has 5 heteroatoms. The van der Waals surface area contributed by atoms with E-state index in [-0.39, 0.29) is 5.97 Å². The van der Waals surface area contributed by atoms with Crippen molar-refractivity contribution in [1.29, 1.82) is 0 Å². The van der Waals surface area contributed by atoms with E-state index < -0.39 is 0 Å². The molecule has 0 spiro atoms. The van der Waals surface area contributed by atoms with Crippen molar-refractivity contribution in [3.05, 3.63) is 23.8 Å². The third-order valence-corrected chi connectivity index (χ3v) is 2.44. The Morgan fingerprint density at radius 1 is 1.44 bits per heavy atom. The Kier molecular flexibility index (Phi) is 5.45. The van der Waals surface area contributed by atoms with Gasteiger partial charge in [-0.3, -0.25) is 0 Å². The van der Waals surface area contributed by atoms with Crippen molar-refractivity contribution in [2.75, 3.05) is 44.8 Å². The molecule has 0 saturated carbocycles. The Morgan fingerprint density at radius 3 is 2.78 bits per heavy atom. The summed E-state index contributed by atoms with van der Waals surface area (Å²) in [6, 6.07) is 5.11. The van der Waals surface area contributed by atoms with Crippen LogP contribution in [0.2, 0.25) is 0 Å². The molecule has 0 aliphatic carbocycles. The predicted octanol–water partition coefficient (Wildman–Crippen LogP) is 1.42. The van der Waals surface area contributed by atoms with Crippen LogP contribution in [0.15, 0.2) is 18.2 Å². The van der Waals surface area contributed by atoms with Crippen LogP contribution in [0.25, 0.3) is 0 Å². The first-order chi connectivity index (χ1) is 8.54. The number of hydrogen-bond donors (Lipinski definition) is 2. The Bertz CT molecular complexity index is 405. The highest BCUT2D eigenvalue weighted by molar-refractivity contribution is 5.92. The van der Waals surface area contributed by atoms with Crippen LogP contribution in [-0.2, 0) is 4.74 Å². The van der Waals surface area contributed by atoms with E-state index >= 15 is 0 Å². The molecule has 0 fully saturated rings. The average Bonchev–Trinajstić information content (AvgIpc) is 2.31. The Hall–Kier alpha value is -1.75. The number of carbonyl (C=O) groups is 1. The van der Waals surface area contributed by atoms with Gasteiger partial charge < -0.3 is 20.7 Å². The molecule has 0 aromatic heterocycles. The van der Waals surface area contributed by atoms with Gasteiger partial charge in [0.15, 0.2) is 0 Å². The number of nitrogens with one attached hydrogen (secondary N) is 1. The van der Waals surface area contributed by atoms with Crippen molar-refractivity contribution in [2.45, 2.75) is 6.92 Å². The van der Waals surface area contributed by atoms with Crippen molar-refractivity contribution in [3.63, 3.8) is 0 Å². The Morgan fingerprint density at radius 2 is 2.17 bits per heavy atom. The minimum atomic E-state index is -0.326. The molecule has 3 N–H and O–H groups in total. The van der Waals surface area contributed by atoms with Gasteiger partial charge in [-0.15, -0.1) is 0 Å². The molecular formula is C13H21N3O2. The number of likely N-dealkylation sites (N-methyl/N-ethyl adjacent to an activating group) is 1. The van der Waals surface area contributed by atoms with E-state index in [1.807, 2.05) is 14.1 Å². The number of nitrogens with two attached hydrogens (primary N) is 1. The predicted molar refractivity (Wildman–Crippen MR) is 73.9 cm³/mol. The number of rotatable bonds is 6. The van der Waals surface area contributed by atoms with E-state index in [4.69, 9.17) is 10.5 Å². The lowest BCUT2D eigenvalue weighted by Gasteiger charge is -2.13. The molecule has 0 amide bonds. The van der Waals surface area contributed by atoms with Gasteiger partial charge in [0.2, 0.25) is 0 Å². The maximum atomic E-state index is 11.6. The summed E-state index contributed by atoms with van der Waals surface area (Å²) in [5.41, 5.74) is 7.76. The Labute approximate surface area is 108 Å². The molecule has 5 nitrogen and oxygen atoms in total. The van der Waals surface area contributed by atoms with Crippen molar-refractivity contribution < 1.29 is 9.53 Å². The van der Waals surface area contributed by atoms with Crippen molar-refractivity contribution in [3.8, 4) is 0 Å². The molecule has 0 unspecified atom stereocenters. The van der Waals surface area contributed by atoms with Crippen LogP contribution >= 0.6 is 0 Å². The molecular weight excluding hydrogens is 230 g/mol. The summed E-state index contributed by atoms with van der Waals surface area (Å²) in [6.07, 6.45) is 0. The van der Waals surface area contributed by atoms with Gasteiger partial charge in [0.25, 0.3) is 0 Å². The summed E-state index contributed by atoms with van der Waals surface area (Å²) in [5, 5.41) is 3.21. The number of nitrogens with zero attached hydrogens (tertiary/aromatic N) is 1. The molecule has 18 heavy (non-hydrogen) atoms. The van der Waals surface area contributed by atoms with Crippen LogP contribution in [-0.4, -0.2) is 44.7 Å². The number of nitrogen functional groups attached to an aromatic ring is 1. The van der Waals surface area contributed by atoms with E-state index in [1.165, 1.54) is 0 Å². The van der Waals surface area contributed by atoms with E-state index in [9.17, 15) is 4.79 Å². The second-order valence-corrected chi connectivity index (χ2v) is 4.25. The minimum Gasteiger partial charge on any atom is -0.462 e. The maximum absolute atomic E-state index is 11.6. The van der Waals surface area contributed by atoms with Crippen molar-refractivity contribution in [2.24, 2.45) is 0 Å². The molecule has 0 radical (unpaired) electrons. The number of hydrogen-bond acceptors (Lipinski definition) is 5. The zero-order valence-electron chi connectivity index (χ0n) is 11.2. The van der Waals surface area contributed by atoms with Crippen LogP contribution in [0.4, 0.5) is 11.4 Å². The van der Waals surface area contributed by atoms with Gasteiger partial charge in [-0.05, 0) is 39.2 Å². The summed E-state index contributed by atoms with van der Waals surface area (Å²) in [5.74, 6) is -0.326. The quantitative estimate of drug-likeness (QED) is 0.591. The molecule has 0 heterocycles. The van der Waals surface area contributed by atoms with E-state index in [0.29, 0.717) is 17.9 Å². The molecule has 1 rings (SSSR count). The first-order valence-electron chi connectivity index (χ1n) is 5.99. The summed E-state index contributed by atoms with van der Waals surface area (Å²) in [6.45, 7) is 3.81. The fourth-order valence-electron chi connectivity index (χ4n) is 1.46. The van der Waals surface area contributed by atoms with Gasteiger partial charge in [-0.1, -0.05) is 0 Å². The van der Waals surface area contributed by atoms with Crippen LogP contribution < -0.4 is 11.1 Å². The van der Waals surface area contributed by atoms with Crippen LogP contribution in [0.5, 0.6) is 0 Å². The highest BCUT2D eigenvalue weighted by Gasteiger charge is 2.08. The third-order valence-electron chi connectivity index (χ3n) is 2.44. The summed E-state index contributed by atoms with van der Waals surface area (Å²) < 4.78 is 4.95. The van der Waals surface area contributed by atoms with Gasteiger partial charge in [0.1, 0.15) is 0 Å². The third kappa shape index (κ3) is 4.25. The van der Waals surface area contributed by atoms with E-state index in [2.05, 4.69) is 10.2 Å². The maximum Gasteiger partial charge on any atom is 0.338 e. The lowest BCUT2D eigenvalue weighted by molar-refractivity contribution is 0.0526. The molecule has 1 aromatic rings. The molecule has 0 aliphatic heterocycles. The Balaban J connectivity index is 2.71. The van der Waals surface area contributed by atoms with Crippen LogP contribution in [0.1, 0.15) is 17.3 Å². The lowest BCUT2D eigenvalue weighted by atomic mass is 10.1. The zero-order valence-corrected chi connectivity index (χ0v) is 11.2. The summed E-state index contributed by atoms with van der Waals surface area (Å²) >= 11 is 0. The van der Waals surface area contributed by atoms with Crippen LogP contribution in [0, 0.1) is 0 Å². The highest BCUT2D eigenvalue weighted by Crippen LogP contribution is 2.20. The molecule has 0 atom stereocenters. The monoisotopic (exact) mass is 251 g/mol. The fourth-order valence-corrected chi connectivity index (χ4v) is 1.46. The average molecular weight is 251 g/mol.